The molecule has 0 aliphatic heterocycles. The van der Waals surface area contributed by atoms with Gasteiger partial charge in [0.25, 0.3) is 0 Å². The molecule has 0 saturated heterocycles. The fraction of sp³-hybridized carbons (Fsp3) is 0.267. The zero-order valence-corrected chi connectivity index (χ0v) is 10.6. The van der Waals surface area contributed by atoms with Crippen molar-refractivity contribution in [3.05, 3.63) is 46.0 Å². The first kappa shape index (κ1) is 11.6. The van der Waals surface area contributed by atoms with Crippen molar-refractivity contribution in [3.63, 3.8) is 0 Å². The fourth-order valence-corrected chi connectivity index (χ4v) is 2.33. The lowest BCUT2D eigenvalue weighted by Gasteiger charge is -2.13. The van der Waals surface area contributed by atoms with Gasteiger partial charge in [-0.2, -0.15) is 0 Å². The van der Waals surface area contributed by atoms with E-state index in [0.717, 1.165) is 16.5 Å². The van der Waals surface area contributed by atoms with E-state index in [1.165, 1.54) is 16.5 Å². The SMILES string of the molecule is Cc1ccc2cc(C(=O)O)c(C)c(C)c2c1C. The lowest BCUT2D eigenvalue weighted by Crippen LogP contribution is -2.02. The Kier molecular flexibility index (Phi) is 2.66. The van der Waals surface area contributed by atoms with Crippen molar-refractivity contribution in [1.29, 1.82) is 0 Å². The zero-order valence-electron chi connectivity index (χ0n) is 10.6. The summed E-state index contributed by atoms with van der Waals surface area (Å²) in [7, 11) is 0. The van der Waals surface area contributed by atoms with Crippen LogP contribution in [0, 0.1) is 27.7 Å². The quantitative estimate of drug-likeness (QED) is 0.806. The molecule has 0 unspecified atom stereocenters. The van der Waals surface area contributed by atoms with Crippen LogP contribution in [-0.2, 0) is 0 Å². The van der Waals surface area contributed by atoms with Gasteiger partial charge in [-0.1, -0.05) is 12.1 Å². The number of aromatic carboxylic acids is 1. The number of carbonyl (C=O) groups is 1. The Bertz CT molecular complexity index is 625. The molecule has 0 spiro atoms. The van der Waals surface area contributed by atoms with Crippen LogP contribution in [0.15, 0.2) is 18.2 Å². The van der Waals surface area contributed by atoms with Crippen LogP contribution >= 0.6 is 0 Å². The summed E-state index contributed by atoms with van der Waals surface area (Å²) in [5.74, 6) is -0.856. The lowest BCUT2D eigenvalue weighted by atomic mass is 9.91. The average Bonchev–Trinajstić information content (AvgIpc) is 2.27. The van der Waals surface area contributed by atoms with Gasteiger partial charge in [0.2, 0.25) is 0 Å². The second kappa shape index (κ2) is 3.88. The minimum Gasteiger partial charge on any atom is -0.478 e. The molecule has 0 saturated carbocycles. The van der Waals surface area contributed by atoms with Crippen molar-refractivity contribution < 1.29 is 9.90 Å². The Hall–Kier alpha value is -1.83. The van der Waals surface area contributed by atoms with Crippen LogP contribution in [0.25, 0.3) is 10.8 Å². The van der Waals surface area contributed by atoms with Crippen LogP contribution in [0.3, 0.4) is 0 Å². The van der Waals surface area contributed by atoms with E-state index in [1.54, 1.807) is 6.07 Å². The first-order valence-electron chi connectivity index (χ1n) is 5.67. The van der Waals surface area contributed by atoms with Gasteiger partial charge in [0.1, 0.15) is 0 Å². The maximum Gasteiger partial charge on any atom is 0.335 e. The highest BCUT2D eigenvalue weighted by Gasteiger charge is 2.13. The van der Waals surface area contributed by atoms with Crippen molar-refractivity contribution in [2.75, 3.05) is 0 Å². The van der Waals surface area contributed by atoms with Gasteiger partial charge >= 0.3 is 5.97 Å². The fourth-order valence-electron chi connectivity index (χ4n) is 2.33. The molecule has 2 aromatic rings. The standard InChI is InChI=1S/C15H16O2/c1-8-5-6-12-7-13(15(16)17)10(3)11(4)14(12)9(8)2/h5-7H,1-4H3,(H,16,17). The molecule has 2 aromatic carbocycles. The largest absolute Gasteiger partial charge is 0.478 e. The van der Waals surface area contributed by atoms with Crippen molar-refractivity contribution in [2.24, 2.45) is 0 Å². The molecule has 0 aliphatic carbocycles. The molecule has 2 rings (SSSR count). The Morgan fingerprint density at radius 2 is 1.65 bits per heavy atom. The number of carboxylic acids is 1. The van der Waals surface area contributed by atoms with Crippen LogP contribution in [0.2, 0.25) is 0 Å². The van der Waals surface area contributed by atoms with Gasteiger partial charge in [-0.3, -0.25) is 0 Å². The maximum absolute atomic E-state index is 11.2. The molecule has 2 nitrogen and oxygen atoms in total. The topological polar surface area (TPSA) is 37.3 Å². The predicted molar refractivity (Wildman–Crippen MR) is 69.9 cm³/mol. The minimum absolute atomic E-state index is 0.401. The van der Waals surface area contributed by atoms with Crippen molar-refractivity contribution in [3.8, 4) is 0 Å². The lowest BCUT2D eigenvalue weighted by molar-refractivity contribution is 0.0696. The number of hydrogen-bond acceptors (Lipinski definition) is 1. The summed E-state index contributed by atoms with van der Waals surface area (Å²) in [6.45, 7) is 8.04. The molecular weight excluding hydrogens is 212 g/mol. The molecule has 0 atom stereocenters. The zero-order chi connectivity index (χ0) is 12.7. The highest BCUT2D eigenvalue weighted by atomic mass is 16.4. The second-order valence-electron chi connectivity index (χ2n) is 4.58. The first-order valence-corrected chi connectivity index (χ1v) is 5.67. The third kappa shape index (κ3) is 1.70. The van der Waals surface area contributed by atoms with E-state index in [-0.39, 0.29) is 0 Å². The van der Waals surface area contributed by atoms with Crippen LogP contribution in [0.5, 0.6) is 0 Å². The molecule has 0 amide bonds. The van der Waals surface area contributed by atoms with Gasteiger partial charge in [0.15, 0.2) is 0 Å². The van der Waals surface area contributed by atoms with Gasteiger partial charge < -0.3 is 5.11 Å². The molecule has 0 bridgehead atoms. The van der Waals surface area contributed by atoms with E-state index >= 15 is 0 Å². The number of rotatable bonds is 1. The Morgan fingerprint density at radius 1 is 1.00 bits per heavy atom. The monoisotopic (exact) mass is 228 g/mol. The van der Waals surface area contributed by atoms with Crippen LogP contribution in [-0.4, -0.2) is 11.1 Å². The Balaban J connectivity index is 2.96. The molecule has 0 aromatic heterocycles. The highest BCUT2D eigenvalue weighted by Crippen LogP contribution is 2.29. The van der Waals surface area contributed by atoms with Crippen molar-refractivity contribution in [1.82, 2.24) is 0 Å². The smallest absolute Gasteiger partial charge is 0.335 e. The van der Waals surface area contributed by atoms with Gasteiger partial charge in [-0.05, 0) is 66.8 Å². The molecule has 0 aliphatic rings. The summed E-state index contributed by atoms with van der Waals surface area (Å²) in [6.07, 6.45) is 0. The van der Waals surface area contributed by atoms with E-state index in [1.807, 2.05) is 26.0 Å². The number of fused-ring (bicyclic) bond motifs is 1. The molecule has 88 valence electrons. The van der Waals surface area contributed by atoms with Crippen LogP contribution in [0.1, 0.15) is 32.6 Å². The van der Waals surface area contributed by atoms with Gasteiger partial charge in [0.05, 0.1) is 5.56 Å². The van der Waals surface area contributed by atoms with Crippen LogP contribution < -0.4 is 0 Å². The summed E-state index contributed by atoms with van der Waals surface area (Å²) in [4.78, 5) is 11.2. The molecule has 0 heterocycles. The summed E-state index contributed by atoms with van der Waals surface area (Å²) in [5, 5.41) is 11.4. The Labute approximate surface area is 101 Å². The van der Waals surface area contributed by atoms with E-state index in [9.17, 15) is 9.90 Å². The van der Waals surface area contributed by atoms with Gasteiger partial charge in [-0.25, -0.2) is 4.79 Å². The average molecular weight is 228 g/mol. The number of benzene rings is 2. The minimum atomic E-state index is -0.856. The number of aryl methyl sites for hydroxylation is 3. The van der Waals surface area contributed by atoms with E-state index in [0.29, 0.717) is 5.56 Å². The molecule has 0 fully saturated rings. The van der Waals surface area contributed by atoms with Crippen molar-refractivity contribution >= 4 is 16.7 Å². The second-order valence-corrected chi connectivity index (χ2v) is 4.58. The Morgan fingerprint density at radius 3 is 2.24 bits per heavy atom. The van der Waals surface area contributed by atoms with E-state index in [2.05, 4.69) is 13.8 Å². The molecule has 0 radical (unpaired) electrons. The third-order valence-electron chi connectivity index (χ3n) is 3.64. The third-order valence-corrected chi connectivity index (χ3v) is 3.64. The number of carboxylic acid groups (broad SMARTS) is 1. The maximum atomic E-state index is 11.2. The van der Waals surface area contributed by atoms with Crippen molar-refractivity contribution in [2.45, 2.75) is 27.7 Å². The summed E-state index contributed by atoms with van der Waals surface area (Å²) in [5.41, 5.74) is 4.81. The number of hydrogen-bond donors (Lipinski definition) is 1. The predicted octanol–water partition coefficient (Wildman–Crippen LogP) is 3.77. The van der Waals surface area contributed by atoms with E-state index < -0.39 is 5.97 Å². The molecule has 17 heavy (non-hydrogen) atoms. The van der Waals surface area contributed by atoms with Crippen LogP contribution in [0.4, 0.5) is 0 Å². The highest BCUT2D eigenvalue weighted by molar-refractivity contribution is 5.99. The molecular formula is C15H16O2. The summed E-state index contributed by atoms with van der Waals surface area (Å²) in [6, 6.07) is 5.81. The first-order chi connectivity index (χ1) is 7.93. The summed E-state index contributed by atoms with van der Waals surface area (Å²) < 4.78 is 0. The molecule has 2 heteroatoms. The molecule has 1 N–H and O–H groups in total. The van der Waals surface area contributed by atoms with E-state index in [4.69, 9.17) is 0 Å². The normalized spacial score (nSPS) is 10.8. The summed E-state index contributed by atoms with van der Waals surface area (Å²) >= 11 is 0. The van der Waals surface area contributed by atoms with Gasteiger partial charge in [-0.15, -0.1) is 0 Å². The van der Waals surface area contributed by atoms with Gasteiger partial charge in [0, 0.05) is 0 Å².